The molecule has 5 heteroatoms. The zero-order valence-corrected chi connectivity index (χ0v) is 10.1. The van der Waals surface area contributed by atoms with Gasteiger partial charge in [-0.25, -0.2) is 4.79 Å². The Morgan fingerprint density at radius 2 is 2.06 bits per heavy atom. The zero-order chi connectivity index (χ0) is 12.8. The number of carbonyl (C=O) groups is 1. The van der Waals surface area contributed by atoms with E-state index in [-0.39, 0.29) is 17.5 Å². The van der Waals surface area contributed by atoms with Gasteiger partial charge in [0.25, 0.3) is 0 Å². The number of hydrogen-bond acceptors (Lipinski definition) is 3. The van der Waals surface area contributed by atoms with Crippen molar-refractivity contribution in [2.45, 2.75) is 26.7 Å². The summed E-state index contributed by atoms with van der Waals surface area (Å²) >= 11 is 0. The van der Waals surface area contributed by atoms with Crippen LogP contribution in [-0.2, 0) is 0 Å². The van der Waals surface area contributed by atoms with Gasteiger partial charge in [0, 0.05) is 12.6 Å². The third-order valence-electron chi connectivity index (χ3n) is 2.35. The average molecular weight is 238 g/mol. The van der Waals surface area contributed by atoms with Crippen LogP contribution in [0.15, 0.2) is 12.1 Å². The lowest BCUT2D eigenvalue weighted by molar-refractivity contribution is 0.252. The van der Waals surface area contributed by atoms with E-state index in [0.29, 0.717) is 17.8 Å². The Morgan fingerprint density at radius 3 is 2.65 bits per heavy atom. The Balaban J connectivity index is 2.65. The Kier molecular flexibility index (Phi) is 4.63. The molecular weight excluding hydrogens is 220 g/mol. The van der Waals surface area contributed by atoms with Crippen LogP contribution in [0.25, 0.3) is 0 Å². The highest BCUT2D eigenvalue weighted by atomic mass is 16.3. The molecule has 1 aromatic rings. The number of phenolic OH excluding ortho intramolecular Hbond substituents is 2. The number of aryl methyl sites for hydroxylation is 1. The van der Waals surface area contributed by atoms with Crippen LogP contribution in [0.3, 0.4) is 0 Å². The van der Waals surface area contributed by atoms with Gasteiger partial charge in [-0.15, -0.1) is 0 Å². The van der Waals surface area contributed by atoms with Gasteiger partial charge in [0.05, 0.1) is 5.69 Å². The number of nitrogens with one attached hydrogen (secondary N) is 2. The molecule has 0 atom stereocenters. The second kappa shape index (κ2) is 5.98. The molecule has 0 aliphatic rings. The molecule has 4 N–H and O–H groups in total. The van der Waals surface area contributed by atoms with Crippen LogP contribution in [-0.4, -0.2) is 22.8 Å². The van der Waals surface area contributed by atoms with E-state index >= 15 is 0 Å². The molecule has 17 heavy (non-hydrogen) atoms. The van der Waals surface area contributed by atoms with E-state index in [1.54, 1.807) is 6.92 Å². The maximum Gasteiger partial charge on any atom is 0.319 e. The molecule has 0 fully saturated rings. The van der Waals surface area contributed by atoms with Gasteiger partial charge in [-0.1, -0.05) is 13.3 Å². The maximum atomic E-state index is 11.5. The van der Waals surface area contributed by atoms with E-state index in [0.717, 1.165) is 12.8 Å². The number of unbranched alkanes of at least 4 members (excludes halogenated alkanes) is 1. The van der Waals surface area contributed by atoms with Gasteiger partial charge in [-0.2, -0.15) is 0 Å². The first-order chi connectivity index (χ1) is 8.04. The van der Waals surface area contributed by atoms with Gasteiger partial charge in [0.2, 0.25) is 0 Å². The Morgan fingerprint density at radius 1 is 1.35 bits per heavy atom. The average Bonchev–Trinajstić information content (AvgIpc) is 2.24. The molecule has 0 bridgehead atoms. The normalized spacial score (nSPS) is 10.0. The molecule has 0 saturated heterocycles. The summed E-state index contributed by atoms with van der Waals surface area (Å²) in [5, 5.41) is 24.1. The summed E-state index contributed by atoms with van der Waals surface area (Å²) < 4.78 is 0. The first kappa shape index (κ1) is 13.2. The summed E-state index contributed by atoms with van der Waals surface area (Å²) in [4.78, 5) is 11.5. The van der Waals surface area contributed by atoms with E-state index in [1.807, 2.05) is 6.92 Å². The third kappa shape index (κ3) is 3.86. The molecule has 0 aliphatic carbocycles. The van der Waals surface area contributed by atoms with Crippen molar-refractivity contribution in [2.75, 3.05) is 11.9 Å². The molecule has 94 valence electrons. The lowest BCUT2D eigenvalue weighted by Crippen LogP contribution is -2.29. The smallest absolute Gasteiger partial charge is 0.319 e. The second-order valence-corrected chi connectivity index (χ2v) is 3.89. The molecule has 0 unspecified atom stereocenters. The van der Waals surface area contributed by atoms with Crippen LogP contribution in [0.2, 0.25) is 0 Å². The highest BCUT2D eigenvalue weighted by Crippen LogP contribution is 2.31. The number of urea groups is 1. The molecule has 0 saturated carbocycles. The van der Waals surface area contributed by atoms with Gasteiger partial charge >= 0.3 is 6.03 Å². The second-order valence-electron chi connectivity index (χ2n) is 3.89. The monoisotopic (exact) mass is 238 g/mol. The fourth-order valence-corrected chi connectivity index (χ4v) is 1.45. The fourth-order valence-electron chi connectivity index (χ4n) is 1.45. The number of phenols is 2. The molecule has 0 aromatic heterocycles. The minimum absolute atomic E-state index is 0.0306. The van der Waals surface area contributed by atoms with E-state index in [9.17, 15) is 15.0 Å². The highest BCUT2D eigenvalue weighted by Gasteiger charge is 2.10. The van der Waals surface area contributed by atoms with E-state index in [2.05, 4.69) is 10.6 Å². The molecule has 0 aliphatic heterocycles. The summed E-state index contributed by atoms with van der Waals surface area (Å²) in [5.74, 6) is -0.176. The first-order valence-corrected chi connectivity index (χ1v) is 5.62. The van der Waals surface area contributed by atoms with Crippen molar-refractivity contribution in [3.8, 4) is 11.5 Å². The Hall–Kier alpha value is -1.91. The summed E-state index contributed by atoms with van der Waals surface area (Å²) in [6.07, 6.45) is 1.91. The van der Waals surface area contributed by atoms with Crippen molar-refractivity contribution in [3.63, 3.8) is 0 Å². The summed E-state index contributed by atoms with van der Waals surface area (Å²) in [7, 11) is 0. The third-order valence-corrected chi connectivity index (χ3v) is 2.35. The van der Waals surface area contributed by atoms with E-state index < -0.39 is 0 Å². The van der Waals surface area contributed by atoms with E-state index in [1.165, 1.54) is 12.1 Å². The molecule has 0 radical (unpaired) electrons. The predicted molar refractivity (Wildman–Crippen MR) is 66.4 cm³/mol. The molecule has 5 nitrogen and oxygen atoms in total. The van der Waals surface area contributed by atoms with Crippen molar-refractivity contribution < 1.29 is 15.0 Å². The maximum absolute atomic E-state index is 11.5. The van der Waals surface area contributed by atoms with Crippen LogP contribution in [0.1, 0.15) is 25.3 Å². The van der Waals surface area contributed by atoms with Crippen molar-refractivity contribution >= 4 is 11.7 Å². The number of carbonyl (C=O) groups excluding carboxylic acids is 1. The number of anilines is 1. The Bertz CT molecular complexity index is 382. The summed E-state index contributed by atoms with van der Waals surface area (Å²) in [6, 6.07) is 2.30. The van der Waals surface area contributed by atoms with Crippen molar-refractivity contribution in [3.05, 3.63) is 17.7 Å². The van der Waals surface area contributed by atoms with Gasteiger partial charge < -0.3 is 20.8 Å². The van der Waals surface area contributed by atoms with Crippen molar-refractivity contribution in [2.24, 2.45) is 0 Å². The van der Waals surface area contributed by atoms with Gasteiger partial charge in [-0.3, -0.25) is 0 Å². The topological polar surface area (TPSA) is 81.6 Å². The van der Waals surface area contributed by atoms with Gasteiger partial charge in [0.1, 0.15) is 11.5 Å². The van der Waals surface area contributed by atoms with Crippen LogP contribution >= 0.6 is 0 Å². The number of rotatable bonds is 4. The fraction of sp³-hybridized carbons (Fsp3) is 0.417. The molecule has 0 heterocycles. The van der Waals surface area contributed by atoms with Gasteiger partial charge in [0.15, 0.2) is 0 Å². The quantitative estimate of drug-likeness (QED) is 0.369. The SMILES string of the molecule is CCCCNC(=O)Nc1c(C)cc(O)cc1O. The van der Waals surface area contributed by atoms with Crippen molar-refractivity contribution in [1.82, 2.24) is 5.32 Å². The molecule has 0 spiro atoms. The molecule has 1 rings (SSSR count). The van der Waals surface area contributed by atoms with Crippen LogP contribution in [0, 0.1) is 6.92 Å². The van der Waals surface area contributed by atoms with Gasteiger partial charge in [-0.05, 0) is 25.0 Å². The molecule has 1 aromatic carbocycles. The van der Waals surface area contributed by atoms with Crippen LogP contribution < -0.4 is 10.6 Å². The predicted octanol–water partition coefficient (Wildman–Crippen LogP) is 2.33. The van der Waals surface area contributed by atoms with Crippen molar-refractivity contribution in [1.29, 1.82) is 0 Å². The lowest BCUT2D eigenvalue weighted by atomic mass is 10.1. The standard InChI is InChI=1S/C12H18N2O3/c1-3-4-5-13-12(17)14-11-8(2)6-9(15)7-10(11)16/h6-7,15-16H,3-5H2,1-2H3,(H2,13,14,17). The minimum Gasteiger partial charge on any atom is -0.508 e. The van der Waals surface area contributed by atoms with E-state index in [4.69, 9.17) is 0 Å². The zero-order valence-electron chi connectivity index (χ0n) is 10.1. The summed E-state index contributed by atoms with van der Waals surface area (Å²) in [6.45, 7) is 4.33. The largest absolute Gasteiger partial charge is 0.508 e. The number of aromatic hydroxyl groups is 2. The lowest BCUT2D eigenvalue weighted by Gasteiger charge is -2.11. The van der Waals surface area contributed by atoms with Crippen LogP contribution in [0.4, 0.5) is 10.5 Å². The minimum atomic E-state index is -0.359. The summed E-state index contributed by atoms with van der Waals surface area (Å²) in [5.41, 5.74) is 0.921. The number of hydrogen-bond donors (Lipinski definition) is 4. The number of amides is 2. The Labute approximate surface area is 100 Å². The molecular formula is C12H18N2O3. The molecule has 2 amide bonds. The highest BCUT2D eigenvalue weighted by molar-refractivity contribution is 5.92. The van der Waals surface area contributed by atoms with Crippen LogP contribution in [0.5, 0.6) is 11.5 Å². The first-order valence-electron chi connectivity index (χ1n) is 5.62. The number of benzene rings is 1.